The summed E-state index contributed by atoms with van der Waals surface area (Å²) in [5.74, 6) is 0.298. The SMILES string of the molecule is Cc1cc(C=O)c(CN(C)C/C=C\CC(C)(C)O)c(-c2ccccc2OCC(F)F)n1. The first-order valence-corrected chi connectivity index (χ1v) is 10.1. The van der Waals surface area contributed by atoms with Crippen LogP contribution in [-0.4, -0.2) is 53.5 Å². The van der Waals surface area contributed by atoms with Gasteiger partial charge in [-0.2, -0.15) is 0 Å². The summed E-state index contributed by atoms with van der Waals surface area (Å²) < 4.78 is 30.7. The molecule has 0 aliphatic rings. The number of aliphatic hydroxyl groups is 1. The van der Waals surface area contributed by atoms with Crippen molar-refractivity contribution in [3.8, 4) is 17.0 Å². The van der Waals surface area contributed by atoms with Gasteiger partial charge in [0.1, 0.15) is 12.4 Å². The number of ether oxygens (including phenoxy) is 1. The summed E-state index contributed by atoms with van der Waals surface area (Å²) in [6.45, 7) is 5.58. The lowest BCUT2D eigenvalue weighted by molar-refractivity contribution is 0.0821. The number of likely N-dealkylation sites (N-methyl/N-ethyl adjacent to an activating group) is 1. The molecule has 0 aliphatic carbocycles. The van der Waals surface area contributed by atoms with E-state index in [2.05, 4.69) is 4.98 Å². The zero-order valence-corrected chi connectivity index (χ0v) is 18.4. The summed E-state index contributed by atoms with van der Waals surface area (Å²) in [4.78, 5) is 18.4. The number of nitrogens with zero attached hydrogens (tertiary/aromatic N) is 2. The average molecular weight is 433 g/mol. The minimum absolute atomic E-state index is 0.298. The van der Waals surface area contributed by atoms with Crippen molar-refractivity contribution < 1.29 is 23.4 Å². The lowest BCUT2D eigenvalue weighted by Crippen LogP contribution is -2.21. The number of hydrogen-bond donors (Lipinski definition) is 1. The van der Waals surface area contributed by atoms with Crippen molar-refractivity contribution in [3.05, 3.63) is 59.3 Å². The molecule has 1 heterocycles. The van der Waals surface area contributed by atoms with Gasteiger partial charge in [-0.1, -0.05) is 24.3 Å². The summed E-state index contributed by atoms with van der Waals surface area (Å²) in [5.41, 5.74) is 2.19. The van der Waals surface area contributed by atoms with Crippen LogP contribution >= 0.6 is 0 Å². The van der Waals surface area contributed by atoms with Crippen molar-refractivity contribution in [3.63, 3.8) is 0 Å². The summed E-state index contributed by atoms with van der Waals surface area (Å²) >= 11 is 0. The Hall–Kier alpha value is -2.64. The molecule has 31 heavy (non-hydrogen) atoms. The molecule has 0 saturated carbocycles. The average Bonchev–Trinajstić information content (AvgIpc) is 2.70. The molecule has 0 aliphatic heterocycles. The zero-order valence-electron chi connectivity index (χ0n) is 18.4. The van der Waals surface area contributed by atoms with Gasteiger partial charge in [-0.3, -0.25) is 14.7 Å². The van der Waals surface area contributed by atoms with Gasteiger partial charge < -0.3 is 9.84 Å². The highest BCUT2D eigenvalue weighted by Gasteiger charge is 2.18. The second kappa shape index (κ2) is 11.1. The predicted molar refractivity (Wildman–Crippen MR) is 118 cm³/mol. The minimum Gasteiger partial charge on any atom is -0.487 e. The van der Waals surface area contributed by atoms with Gasteiger partial charge in [0.15, 0.2) is 6.29 Å². The summed E-state index contributed by atoms with van der Waals surface area (Å²) in [6.07, 6.45) is 2.60. The van der Waals surface area contributed by atoms with Crippen LogP contribution < -0.4 is 4.74 Å². The molecule has 1 N–H and O–H groups in total. The molecule has 2 rings (SSSR count). The Morgan fingerprint density at radius 1 is 1.26 bits per heavy atom. The molecule has 0 saturated heterocycles. The van der Waals surface area contributed by atoms with E-state index in [1.54, 1.807) is 51.1 Å². The van der Waals surface area contributed by atoms with Gasteiger partial charge in [-0.15, -0.1) is 0 Å². The van der Waals surface area contributed by atoms with Crippen LogP contribution in [-0.2, 0) is 6.54 Å². The zero-order chi connectivity index (χ0) is 23.0. The highest BCUT2D eigenvalue weighted by atomic mass is 19.3. The third-order valence-corrected chi connectivity index (χ3v) is 4.55. The van der Waals surface area contributed by atoms with Crippen LogP contribution in [0, 0.1) is 6.92 Å². The molecule has 1 aromatic heterocycles. The van der Waals surface area contributed by atoms with E-state index in [4.69, 9.17) is 4.74 Å². The van der Waals surface area contributed by atoms with Crippen LogP contribution in [0.5, 0.6) is 5.75 Å². The van der Waals surface area contributed by atoms with E-state index >= 15 is 0 Å². The third-order valence-electron chi connectivity index (χ3n) is 4.55. The first-order chi connectivity index (χ1) is 14.6. The van der Waals surface area contributed by atoms with E-state index in [0.717, 1.165) is 6.29 Å². The molecule has 0 spiro atoms. The van der Waals surface area contributed by atoms with Crippen molar-refractivity contribution in [1.82, 2.24) is 9.88 Å². The first kappa shape index (κ1) is 24.6. The molecule has 168 valence electrons. The number of hydrogen-bond acceptors (Lipinski definition) is 5. The smallest absolute Gasteiger partial charge is 0.272 e. The maximum atomic E-state index is 12.7. The molecule has 2 aromatic rings. The number of para-hydroxylation sites is 1. The van der Waals surface area contributed by atoms with Crippen LogP contribution in [0.2, 0.25) is 0 Å². The van der Waals surface area contributed by atoms with Gasteiger partial charge in [0.05, 0.1) is 11.3 Å². The van der Waals surface area contributed by atoms with Crippen molar-refractivity contribution in [2.75, 3.05) is 20.2 Å². The van der Waals surface area contributed by atoms with Crippen molar-refractivity contribution in [2.45, 2.75) is 45.8 Å². The van der Waals surface area contributed by atoms with Crippen molar-refractivity contribution in [1.29, 1.82) is 0 Å². The molecule has 1 aromatic carbocycles. The van der Waals surface area contributed by atoms with Crippen LogP contribution in [0.4, 0.5) is 8.78 Å². The minimum atomic E-state index is -2.59. The second-order valence-electron chi connectivity index (χ2n) is 8.18. The topological polar surface area (TPSA) is 62.7 Å². The Bertz CT molecular complexity index is 908. The number of aryl methyl sites for hydroxylation is 1. The molecule has 0 fully saturated rings. The summed E-state index contributed by atoms with van der Waals surface area (Å²) in [5, 5.41) is 9.81. The number of halogens is 2. The van der Waals surface area contributed by atoms with Gasteiger partial charge in [-0.05, 0) is 52.4 Å². The number of alkyl halides is 2. The predicted octanol–water partition coefficient (Wildman–Crippen LogP) is 4.66. The van der Waals surface area contributed by atoms with E-state index < -0.39 is 18.6 Å². The Morgan fingerprint density at radius 2 is 1.97 bits per heavy atom. The lowest BCUT2D eigenvalue weighted by Gasteiger charge is -2.20. The molecule has 0 amide bonds. The van der Waals surface area contributed by atoms with Crippen molar-refractivity contribution in [2.24, 2.45) is 0 Å². The molecule has 7 heteroatoms. The largest absolute Gasteiger partial charge is 0.487 e. The Balaban J connectivity index is 2.36. The molecule has 0 atom stereocenters. The van der Waals surface area contributed by atoms with E-state index in [1.165, 1.54) is 0 Å². The van der Waals surface area contributed by atoms with Crippen LogP contribution in [0.1, 0.15) is 41.9 Å². The highest BCUT2D eigenvalue weighted by molar-refractivity contribution is 5.83. The third kappa shape index (κ3) is 7.84. The Labute approximate surface area is 182 Å². The molecule has 0 unspecified atom stereocenters. The van der Waals surface area contributed by atoms with E-state index in [9.17, 15) is 18.7 Å². The quantitative estimate of drug-likeness (QED) is 0.413. The molecule has 5 nitrogen and oxygen atoms in total. The fourth-order valence-electron chi connectivity index (χ4n) is 3.12. The molecule has 0 bridgehead atoms. The first-order valence-electron chi connectivity index (χ1n) is 10.1. The van der Waals surface area contributed by atoms with E-state index in [1.807, 2.05) is 24.1 Å². The van der Waals surface area contributed by atoms with Gasteiger partial charge in [0.2, 0.25) is 0 Å². The van der Waals surface area contributed by atoms with E-state index in [0.29, 0.717) is 53.3 Å². The lowest BCUT2D eigenvalue weighted by atomic mass is 9.99. The number of carbonyl (C=O) groups excluding carboxylic acids is 1. The van der Waals surface area contributed by atoms with Gasteiger partial charge in [0.25, 0.3) is 6.43 Å². The van der Waals surface area contributed by atoms with Gasteiger partial charge in [0, 0.05) is 35.5 Å². The van der Waals surface area contributed by atoms with Crippen LogP contribution in [0.3, 0.4) is 0 Å². The number of carbonyl (C=O) groups is 1. The highest BCUT2D eigenvalue weighted by Crippen LogP contribution is 2.33. The molecule has 0 radical (unpaired) electrons. The van der Waals surface area contributed by atoms with Crippen LogP contribution in [0.15, 0.2) is 42.5 Å². The normalized spacial score (nSPS) is 12.2. The molecular weight excluding hydrogens is 402 g/mol. The number of rotatable bonds is 11. The fraction of sp³-hybridized carbons (Fsp3) is 0.417. The maximum Gasteiger partial charge on any atom is 0.272 e. The maximum absolute atomic E-state index is 12.7. The summed E-state index contributed by atoms with van der Waals surface area (Å²) in [7, 11) is 1.91. The number of aldehydes is 1. The number of benzene rings is 1. The van der Waals surface area contributed by atoms with Crippen molar-refractivity contribution >= 4 is 6.29 Å². The Kier molecular flexibility index (Phi) is 8.83. The second-order valence-corrected chi connectivity index (χ2v) is 8.18. The number of aromatic nitrogens is 1. The van der Waals surface area contributed by atoms with Gasteiger partial charge >= 0.3 is 0 Å². The number of pyridine rings is 1. The monoisotopic (exact) mass is 432 g/mol. The van der Waals surface area contributed by atoms with Gasteiger partial charge in [-0.25, -0.2) is 8.78 Å². The standard InChI is InChI=1S/C24H30F2N2O3/c1-17-13-18(15-29)20(14-28(4)12-8-7-11-24(2,3)30)23(27-17)19-9-5-6-10-21(19)31-16-22(25)26/h5-10,13,15,22,30H,11-12,14,16H2,1-4H3/b8-7-. The van der Waals surface area contributed by atoms with Crippen LogP contribution in [0.25, 0.3) is 11.3 Å². The van der Waals surface area contributed by atoms with E-state index in [-0.39, 0.29) is 0 Å². The Morgan fingerprint density at radius 3 is 2.61 bits per heavy atom. The molecular formula is C24H30F2N2O3. The fourth-order valence-corrected chi connectivity index (χ4v) is 3.12. The summed E-state index contributed by atoms with van der Waals surface area (Å²) in [6, 6.07) is 8.58.